The quantitative estimate of drug-likeness (QED) is 0.768. The fourth-order valence-electron chi connectivity index (χ4n) is 2.55. The first kappa shape index (κ1) is 18.1. The Morgan fingerprint density at radius 3 is 2.17 bits per heavy atom. The van der Waals surface area contributed by atoms with Crippen LogP contribution in [-0.4, -0.2) is 37.7 Å². The van der Waals surface area contributed by atoms with E-state index in [0.29, 0.717) is 32.2 Å². The van der Waals surface area contributed by atoms with Crippen LogP contribution in [0, 0.1) is 0 Å². The van der Waals surface area contributed by atoms with Crippen molar-refractivity contribution in [2.24, 2.45) is 0 Å². The van der Waals surface area contributed by atoms with Gasteiger partial charge in [0.2, 0.25) is 0 Å². The monoisotopic (exact) mass is 341 g/mol. The van der Waals surface area contributed by atoms with Crippen molar-refractivity contribution in [2.45, 2.75) is 25.2 Å². The van der Waals surface area contributed by atoms with Gasteiger partial charge in [0.05, 0.1) is 24.3 Å². The molecule has 130 valence electrons. The molecule has 1 aliphatic rings. The number of benzene rings is 1. The number of alkyl halides is 6. The molecule has 1 fully saturated rings. The van der Waals surface area contributed by atoms with Gasteiger partial charge in [-0.15, -0.1) is 0 Å². The van der Waals surface area contributed by atoms with Gasteiger partial charge in [0, 0.05) is 13.1 Å². The summed E-state index contributed by atoms with van der Waals surface area (Å²) in [6.07, 6.45) is -9.04. The predicted octanol–water partition coefficient (Wildman–Crippen LogP) is 3.99. The summed E-state index contributed by atoms with van der Waals surface area (Å²) in [7, 11) is 0. The Kier molecular flexibility index (Phi) is 5.57. The minimum atomic E-state index is -4.80. The lowest BCUT2D eigenvalue weighted by Crippen LogP contribution is -2.37. The van der Waals surface area contributed by atoms with Crippen molar-refractivity contribution in [2.75, 3.05) is 32.8 Å². The molecule has 0 saturated carbocycles. The Balaban J connectivity index is 2.07. The molecule has 0 atom stereocenters. The van der Waals surface area contributed by atoms with Gasteiger partial charge in [-0.3, -0.25) is 4.90 Å². The summed E-state index contributed by atoms with van der Waals surface area (Å²) in [6, 6.07) is 1.84. The molecule has 8 heteroatoms. The lowest BCUT2D eigenvalue weighted by atomic mass is 9.99. The summed E-state index contributed by atoms with van der Waals surface area (Å²) in [6.45, 7) is 3.22. The molecule has 0 bridgehead atoms. The summed E-state index contributed by atoms with van der Waals surface area (Å²) < 4.78 is 82.0. The van der Waals surface area contributed by atoms with E-state index in [-0.39, 0.29) is 18.1 Å². The molecule has 0 unspecified atom stereocenters. The number of hydrogen-bond acceptors (Lipinski definition) is 2. The highest BCUT2D eigenvalue weighted by Crippen LogP contribution is 2.37. The minimum Gasteiger partial charge on any atom is -0.379 e. The largest absolute Gasteiger partial charge is 0.416 e. The molecule has 1 saturated heterocycles. The second-order valence-electron chi connectivity index (χ2n) is 5.43. The molecule has 1 aromatic rings. The molecular formula is C15H17F6NO. The third-order valence-electron chi connectivity index (χ3n) is 3.77. The minimum absolute atomic E-state index is 0.0876. The zero-order chi connectivity index (χ0) is 17.1. The Morgan fingerprint density at radius 1 is 0.957 bits per heavy atom. The van der Waals surface area contributed by atoms with E-state index in [1.54, 1.807) is 0 Å². The highest BCUT2D eigenvalue weighted by molar-refractivity contribution is 5.35. The molecule has 0 aromatic heterocycles. The molecule has 1 heterocycles. The zero-order valence-corrected chi connectivity index (χ0v) is 12.3. The molecule has 0 aliphatic carbocycles. The summed E-state index contributed by atoms with van der Waals surface area (Å²) in [5.74, 6) is 0. The van der Waals surface area contributed by atoms with Crippen LogP contribution in [0.15, 0.2) is 18.2 Å². The molecule has 0 amide bonds. The van der Waals surface area contributed by atoms with Gasteiger partial charge in [-0.25, -0.2) is 0 Å². The number of nitrogens with zero attached hydrogens (tertiary/aromatic N) is 1. The van der Waals surface area contributed by atoms with Crippen molar-refractivity contribution in [3.63, 3.8) is 0 Å². The molecule has 0 N–H and O–H groups in total. The van der Waals surface area contributed by atoms with Crippen LogP contribution in [0.3, 0.4) is 0 Å². The van der Waals surface area contributed by atoms with E-state index in [2.05, 4.69) is 4.90 Å². The van der Waals surface area contributed by atoms with Gasteiger partial charge in [-0.1, -0.05) is 6.07 Å². The first-order valence-corrected chi connectivity index (χ1v) is 7.25. The van der Waals surface area contributed by atoms with E-state index in [9.17, 15) is 26.3 Å². The van der Waals surface area contributed by atoms with Gasteiger partial charge in [-0.2, -0.15) is 26.3 Å². The van der Waals surface area contributed by atoms with Gasteiger partial charge in [0.15, 0.2) is 0 Å². The van der Waals surface area contributed by atoms with E-state index < -0.39 is 23.5 Å². The van der Waals surface area contributed by atoms with Crippen LogP contribution in [-0.2, 0) is 23.5 Å². The van der Waals surface area contributed by atoms with Gasteiger partial charge < -0.3 is 4.74 Å². The van der Waals surface area contributed by atoms with Crippen LogP contribution in [0.5, 0.6) is 0 Å². The van der Waals surface area contributed by atoms with Crippen LogP contribution in [0.25, 0.3) is 0 Å². The second-order valence-corrected chi connectivity index (χ2v) is 5.43. The second kappa shape index (κ2) is 7.09. The van der Waals surface area contributed by atoms with Crippen LogP contribution in [0.1, 0.15) is 23.1 Å². The van der Waals surface area contributed by atoms with Crippen LogP contribution >= 0.6 is 0 Å². The Bertz CT molecular complexity index is 520. The first-order valence-electron chi connectivity index (χ1n) is 7.25. The average molecular weight is 341 g/mol. The number of hydrogen-bond donors (Lipinski definition) is 0. The Morgan fingerprint density at radius 2 is 1.61 bits per heavy atom. The fraction of sp³-hybridized carbons (Fsp3) is 0.600. The van der Waals surface area contributed by atoms with Crippen molar-refractivity contribution in [3.8, 4) is 0 Å². The maximum atomic E-state index is 13.0. The zero-order valence-electron chi connectivity index (χ0n) is 12.3. The predicted molar refractivity (Wildman–Crippen MR) is 72.0 cm³/mol. The lowest BCUT2D eigenvalue weighted by Gasteiger charge is -2.26. The van der Waals surface area contributed by atoms with Crippen LogP contribution in [0.2, 0.25) is 0 Å². The summed E-state index contributed by atoms with van der Waals surface area (Å²) in [5.41, 5.74) is -2.57. The maximum Gasteiger partial charge on any atom is 0.416 e. The summed E-state index contributed by atoms with van der Waals surface area (Å²) in [4.78, 5) is 2.07. The molecule has 1 aliphatic heterocycles. The smallest absolute Gasteiger partial charge is 0.379 e. The Labute approximate surface area is 130 Å². The van der Waals surface area contributed by atoms with Crippen molar-refractivity contribution in [3.05, 3.63) is 34.9 Å². The van der Waals surface area contributed by atoms with Gasteiger partial charge >= 0.3 is 12.4 Å². The summed E-state index contributed by atoms with van der Waals surface area (Å²) >= 11 is 0. The number of halogens is 6. The molecule has 2 rings (SSSR count). The van der Waals surface area contributed by atoms with Crippen molar-refractivity contribution in [1.82, 2.24) is 4.90 Å². The third kappa shape index (κ3) is 5.10. The van der Waals surface area contributed by atoms with E-state index in [1.807, 2.05) is 0 Å². The standard InChI is InChI=1S/C15H17F6NO/c16-14(17,18)12-4-3-11(13(10-12)15(19,20)21)2-1-5-22-6-8-23-9-7-22/h3-4,10H,1-2,5-9H2. The number of aryl methyl sites for hydroxylation is 1. The normalized spacial score (nSPS) is 17.5. The molecule has 0 radical (unpaired) electrons. The molecule has 1 aromatic carbocycles. The van der Waals surface area contributed by atoms with E-state index in [4.69, 9.17) is 4.74 Å². The number of ether oxygens (including phenoxy) is 1. The van der Waals surface area contributed by atoms with Gasteiger partial charge in [0.1, 0.15) is 0 Å². The summed E-state index contributed by atoms with van der Waals surface area (Å²) in [5, 5.41) is 0. The van der Waals surface area contributed by atoms with Crippen molar-refractivity contribution in [1.29, 1.82) is 0 Å². The SMILES string of the molecule is FC(F)(F)c1ccc(CCCN2CCOCC2)c(C(F)(F)F)c1. The third-order valence-corrected chi connectivity index (χ3v) is 3.77. The van der Waals surface area contributed by atoms with Crippen molar-refractivity contribution >= 4 is 0 Å². The Hall–Kier alpha value is -1.28. The highest BCUT2D eigenvalue weighted by Gasteiger charge is 2.37. The highest BCUT2D eigenvalue weighted by atomic mass is 19.4. The van der Waals surface area contributed by atoms with E-state index >= 15 is 0 Å². The number of rotatable bonds is 4. The average Bonchev–Trinajstić information content (AvgIpc) is 2.46. The maximum absolute atomic E-state index is 13.0. The lowest BCUT2D eigenvalue weighted by molar-refractivity contribution is -0.143. The van der Waals surface area contributed by atoms with Gasteiger partial charge in [0.25, 0.3) is 0 Å². The fourth-order valence-corrected chi connectivity index (χ4v) is 2.55. The topological polar surface area (TPSA) is 12.5 Å². The van der Waals surface area contributed by atoms with Crippen LogP contribution < -0.4 is 0 Å². The first-order chi connectivity index (χ1) is 10.7. The van der Waals surface area contributed by atoms with E-state index in [0.717, 1.165) is 19.2 Å². The van der Waals surface area contributed by atoms with Crippen LogP contribution in [0.4, 0.5) is 26.3 Å². The molecule has 23 heavy (non-hydrogen) atoms. The molecule has 0 spiro atoms. The van der Waals surface area contributed by atoms with Gasteiger partial charge in [-0.05, 0) is 37.1 Å². The van der Waals surface area contributed by atoms with E-state index in [1.165, 1.54) is 0 Å². The number of morpholine rings is 1. The molecular weight excluding hydrogens is 324 g/mol. The van der Waals surface area contributed by atoms with Crippen molar-refractivity contribution < 1.29 is 31.1 Å². The molecule has 2 nitrogen and oxygen atoms in total.